The number of amides is 1. The Morgan fingerprint density at radius 1 is 1.15 bits per heavy atom. The van der Waals surface area contributed by atoms with E-state index < -0.39 is 5.41 Å². The summed E-state index contributed by atoms with van der Waals surface area (Å²) in [6.45, 7) is 15.2. The summed E-state index contributed by atoms with van der Waals surface area (Å²) in [6, 6.07) is 9.72. The predicted molar refractivity (Wildman–Crippen MR) is 141 cm³/mol. The molecule has 0 spiro atoms. The highest BCUT2D eigenvalue weighted by Gasteiger charge is 2.21. The van der Waals surface area contributed by atoms with Crippen molar-refractivity contribution < 1.29 is 4.79 Å². The normalized spacial score (nSPS) is 14.5. The second-order valence-corrected chi connectivity index (χ2v) is 10.3. The maximum absolute atomic E-state index is 12.2. The zero-order valence-electron chi connectivity index (χ0n) is 20.7. The largest absolute Gasteiger partial charge is 0.375 e. The third-order valence-corrected chi connectivity index (χ3v) is 5.93. The van der Waals surface area contributed by atoms with Crippen molar-refractivity contribution in [3.05, 3.63) is 54.4 Å². The summed E-state index contributed by atoms with van der Waals surface area (Å²) in [6.07, 6.45) is 1.93. The van der Waals surface area contributed by atoms with E-state index in [4.69, 9.17) is 9.97 Å². The maximum atomic E-state index is 12.2. The fourth-order valence-electron chi connectivity index (χ4n) is 3.16. The highest BCUT2D eigenvalue weighted by molar-refractivity contribution is 7.99. The number of carbonyl (C=O) groups is 1. The molecule has 1 aliphatic rings. The molecule has 0 atom stereocenters. The molecule has 2 heterocycles. The minimum absolute atomic E-state index is 0.0150. The molecule has 3 rings (SSSR count). The Morgan fingerprint density at radius 2 is 1.82 bits per heavy atom. The molecule has 1 fully saturated rings. The fraction of sp³-hybridized carbons (Fsp3) is 0.400. The van der Waals surface area contributed by atoms with Gasteiger partial charge in [-0.3, -0.25) is 4.79 Å². The Bertz CT molecular complexity index is 1040. The number of anilines is 3. The number of rotatable bonds is 8. The van der Waals surface area contributed by atoms with Crippen LogP contribution in [0.2, 0.25) is 0 Å². The fourth-order valence-corrected chi connectivity index (χ4v) is 3.93. The first-order valence-electron chi connectivity index (χ1n) is 11.4. The summed E-state index contributed by atoms with van der Waals surface area (Å²) < 4.78 is 0. The standard InChI is InChI=1S/C25H35N7OS/c1-17(2)15-20(26-6)29-21-16-22(32-13-11-27-12-14-32)31-24(30-21)34-19-9-7-18(8-10-19)28-23(33)25(3,4)5/h7-10,15-16,26-27H,1,11-14H2,2-6H3,(H,28,33)(H,29,30,31)/b20-15+. The number of aromatic nitrogens is 2. The van der Waals surface area contributed by atoms with Crippen molar-refractivity contribution in [2.24, 2.45) is 5.41 Å². The highest BCUT2D eigenvalue weighted by Crippen LogP contribution is 2.30. The van der Waals surface area contributed by atoms with Gasteiger partial charge in [-0.15, -0.1) is 0 Å². The molecule has 0 bridgehead atoms. The maximum Gasteiger partial charge on any atom is 0.229 e. The van der Waals surface area contributed by atoms with E-state index in [1.165, 1.54) is 11.8 Å². The first-order chi connectivity index (χ1) is 16.1. The van der Waals surface area contributed by atoms with E-state index in [0.717, 1.165) is 54.0 Å². The molecule has 9 heteroatoms. The van der Waals surface area contributed by atoms with Crippen LogP contribution in [0.4, 0.5) is 17.3 Å². The summed E-state index contributed by atoms with van der Waals surface area (Å²) in [4.78, 5) is 25.1. The SMILES string of the molecule is C=C(C)/C=C(\NC)Nc1cc(N2CCNCC2)nc(Sc2ccc(NC(=O)C(C)(C)C)cc2)n1. The van der Waals surface area contributed by atoms with Crippen molar-refractivity contribution in [3.8, 4) is 0 Å². The zero-order chi connectivity index (χ0) is 24.7. The minimum atomic E-state index is -0.445. The lowest BCUT2D eigenvalue weighted by molar-refractivity contribution is -0.123. The van der Waals surface area contributed by atoms with E-state index in [1.807, 2.05) is 71.2 Å². The van der Waals surface area contributed by atoms with Gasteiger partial charge in [0.2, 0.25) is 5.91 Å². The molecule has 1 amide bonds. The molecule has 1 aromatic heterocycles. The summed E-state index contributed by atoms with van der Waals surface area (Å²) in [7, 11) is 1.86. The molecule has 1 aromatic carbocycles. The molecular formula is C25H35N7OS. The van der Waals surface area contributed by atoms with Gasteiger partial charge >= 0.3 is 0 Å². The average Bonchev–Trinajstić information content (AvgIpc) is 2.79. The third-order valence-electron chi connectivity index (χ3n) is 5.06. The van der Waals surface area contributed by atoms with Gasteiger partial charge in [-0.05, 0) is 49.0 Å². The van der Waals surface area contributed by atoms with E-state index in [9.17, 15) is 4.79 Å². The predicted octanol–water partition coefficient (Wildman–Crippen LogP) is 4.07. The first kappa shape index (κ1) is 25.6. The Kier molecular flexibility index (Phi) is 8.57. The van der Waals surface area contributed by atoms with Crippen LogP contribution >= 0.6 is 11.8 Å². The van der Waals surface area contributed by atoms with Gasteiger partial charge in [0.1, 0.15) is 17.5 Å². The molecule has 2 aromatic rings. The van der Waals surface area contributed by atoms with Gasteiger partial charge in [0, 0.05) is 55.3 Å². The summed E-state index contributed by atoms with van der Waals surface area (Å²) in [5, 5.41) is 13.5. The van der Waals surface area contributed by atoms with Crippen LogP contribution in [0.3, 0.4) is 0 Å². The quantitative estimate of drug-likeness (QED) is 0.331. The van der Waals surface area contributed by atoms with Gasteiger partial charge in [0.25, 0.3) is 0 Å². The molecule has 182 valence electrons. The molecule has 0 aliphatic carbocycles. The third kappa shape index (κ3) is 7.50. The Hall–Kier alpha value is -3.04. The van der Waals surface area contributed by atoms with Crippen LogP contribution in [0.1, 0.15) is 27.7 Å². The number of hydrogen-bond donors (Lipinski definition) is 4. The van der Waals surface area contributed by atoms with Crippen molar-refractivity contribution in [2.45, 2.75) is 37.7 Å². The van der Waals surface area contributed by atoms with Crippen molar-refractivity contribution in [3.63, 3.8) is 0 Å². The van der Waals surface area contributed by atoms with Crippen LogP contribution < -0.4 is 26.2 Å². The number of allylic oxidation sites excluding steroid dienone is 2. The second-order valence-electron chi connectivity index (χ2n) is 9.24. The van der Waals surface area contributed by atoms with Crippen molar-refractivity contribution in [2.75, 3.05) is 48.8 Å². The van der Waals surface area contributed by atoms with E-state index in [2.05, 4.69) is 32.7 Å². The molecule has 1 aliphatic heterocycles. The zero-order valence-corrected chi connectivity index (χ0v) is 21.5. The van der Waals surface area contributed by atoms with Crippen LogP contribution in [0, 0.1) is 5.41 Å². The Balaban J connectivity index is 1.83. The minimum Gasteiger partial charge on any atom is -0.375 e. The van der Waals surface area contributed by atoms with Crippen LogP contribution in [0.25, 0.3) is 0 Å². The van der Waals surface area contributed by atoms with Crippen LogP contribution in [-0.2, 0) is 4.79 Å². The lowest BCUT2D eigenvalue weighted by atomic mass is 9.95. The summed E-state index contributed by atoms with van der Waals surface area (Å²) in [5.74, 6) is 2.40. The lowest BCUT2D eigenvalue weighted by Gasteiger charge is -2.29. The monoisotopic (exact) mass is 481 g/mol. The lowest BCUT2D eigenvalue weighted by Crippen LogP contribution is -2.44. The second kappa shape index (κ2) is 11.4. The number of nitrogens with one attached hydrogen (secondary N) is 4. The van der Waals surface area contributed by atoms with E-state index in [1.54, 1.807) is 0 Å². The van der Waals surface area contributed by atoms with E-state index in [0.29, 0.717) is 11.0 Å². The molecule has 0 unspecified atom stereocenters. The van der Waals surface area contributed by atoms with Gasteiger partial charge < -0.3 is 26.2 Å². The Labute approximate surface area is 206 Å². The van der Waals surface area contributed by atoms with Crippen molar-refractivity contribution in [1.29, 1.82) is 0 Å². The number of benzene rings is 1. The molecule has 0 radical (unpaired) electrons. The van der Waals surface area contributed by atoms with Gasteiger partial charge in [0.05, 0.1) is 0 Å². The smallest absolute Gasteiger partial charge is 0.229 e. The van der Waals surface area contributed by atoms with Crippen LogP contribution in [-0.4, -0.2) is 49.1 Å². The number of hydrogen-bond acceptors (Lipinski definition) is 8. The number of nitrogens with zero attached hydrogens (tertiary/aromatic N) is 3. The number of carbonyl (C=O) groups excluding carboxylic acids is 1. The molecule has 1 saturated heterocycles. The molecule has 34 heavy (non-hydrogen) atoms. The molecule has 4 N–H and O–H groups in total. The molecule has 8 nitrogen and oxygen atoms in total. The average molecular weight is 482 g/mol. The topological polar surface area (TPSA) is 94.2 Å². The van der Waals surface area contributed by atoms with Gasteiger partial charge in [-0.2, -0.15) is 0 Å². The summed E-state index contributed by atoms with van der Waals surface area (Å²) >= 11 is 1.49. The first-order valence-corrected chi connectivity index (χ1v) is 12.2. The van der Waals surface area contributed by atoms with Crippen molar-refractivity contribution in [1.82, 2.24) is 20.6 Å². The van der Waals surface area contributed by atoms with E-state index >= 15 is 0 Å². The van der Waals surface area contributed by atoms with Crippen molar-refractivity contribution >= 4 is 35.0 Å². The Morgan fingerprint density at radius 3 is 2.41 bits per heavy atom. The molecular weight excluding hydrogens is 446 g/mol. The summed E-state index contributed by atoms with van der Waals surface area (Å²) in [5.41, 5.74) is 1.26. The van der Waals surface area contributed by atoms with Crippen LogP contribution in [0.15, 0.2) is 64.4 Å². The number of piperazine rings is 1. The molecule has 0 saturated carbocycles. The highest BCUT2D eigenvalue weighted by atomic mass is 32.2. The van der Waals surface area contributed by atoms with Gasteiger partial charge in [-0.1, -0.05) is 32.9 Å². The van der Waals surface area contributed by atoms with E-state index in [-0.39, 0.29) is 5.91 Å². The van der Waals surface area contributed by atoms with Gasteiger partial charge in [-0.25, -0.2) is 9.97 Å². The van der Waals surface area contributed by atoms with Gasteiger partial charge in [0.15, 0.2) is 5.16 Å². The van der Waals surface area contributed by atoms with Crippen LogP contribution in [0.5, 0.6) is 0 Å².